The van der Waals surface area contributed by atoms with Gasteiger partial charge in [0.2, 0.25) is 11.8 Å². The first-order valence-electron chi connectivity index (χ1n) is 9.64. The number of para-hydroxylation sites is 1. The van der Waals surface area contributed by atoms with Gasteiger partial charge in [-0.2, -0.15) is 0 Å². The van der Waals surface area contributed by atoms with E-state index in [2.05, 4.69) is 10.3 Å². The molecule has 1 aliphatic heterocycles. The summed E-state index contributed by atoms with van der Waals surface area (Å²) >= 11 is 1.29. The zero-order valence-corrected chi connectivity index (χ0v) is 17.7. The maximum atomic E-state index is 13.0. The van der Waals surface area contributed by atoms with Crippen molar-refractivity contribution in [3.05, 3.63) is 59.9 Å². The Morgan fingerprint density at radius 2 is 1.97 bits per heavy atom. The molecular formula is C22H24FN3O3S. The molecule has 0 aromatic heterocycles. The van der Waals surface area contributed by atoms with E-state index in [0.717, 1.165) is 11.3 Å². The number of hydrogen-bond acceptors (Lipinski definition) is 5. The molecular weight excluding hydrogens is 405 g/mol. The number of halogens is 1. The van der Waals surface area contributed by atoms with Crippen LogP contribution in [-0.2, 0) is 14.3 Å². The predicted octanol–water partition coefficient (Wildman–Crippen LogP) is 4.13. The lowest BCUT2D eigenvalue weighted by molar-refractivity contribution is -0.128. The van der Waals surface area contributed by atoms with Crippen LogP contribution in [0.15, 0.2) is 53.5 Å². The van der Waals surface area contributed by atoms with Gasteiger partial charge in [-0.05, 0) is 49.2 Å². The molecule has 1 N–H and O–H groups in total. The summed E-state index contributed by atoms with van der Waals surface area (Å²) in [6.07, 6.45) is 0.679. The third-order valence-corrected chi connectivity index (χ3v) is 5.76. The van der Waals surface area contributed by atoms with Crippen LogP contribution in [0.4, 0.5) is 15.8 Å². The lowest BCUT2D eigenvalue weighted by atomic mass is 10.2. The van der Waals surface area contributed by atoms with Crippen molar-refractivity contribution < 1.29 is 18.7 Å². The van der Waals surface area contributed by atoms with E-state index in [1.54, 1.807) is 12.0 Å². The molecule has 0 saturated carbocycles. The summed E-state index contributed by atoms with van der Waals surface area (Å²) in [6, 6.07) is 13.2. The Balaban J connectivity index is 1.73. The summed E-state index contributed by atoms with van der Waals surface area (Å²) in [5, 5.41) is 2.74. The molecule has 3 rings (SSSR count). The number of rotatable bonds is 8. The normalized spacial score (nSPS) is 17.6. The van der Waals surface area contributed by atoms with Crippen LogP contribution < -0.4 is 5.32 Å². The lowest BCUT2D eigenvalue weighted by Gasteiger charge is -2.16. The number of nitrogens with one attached hydrogen (secondary N) is 1. The Morgan fingerprint density at radius 1 is 1.23 bits per heavy atom. The highest BCUT2D eigenvalue weighted by molar-refractivity contribution is 8.15. The molecule has 2 aromatic rings. The second-order valence-corrected chi connectivity index (χ2v) is 8.05. The molecule has 30 heavy (non-hydrogen) atoms. The minimum Gasteiger partial charge on any atom is -0.385 e. The van der Waals surface area contributed by atoms with Crippen molar-refractivity contribution in [1.82, 2.24) is 4.90 Å². The zero-order chi connectivity index (χ0) is 21.5. The minimum atomic E-state index is -0.559. The lowest BCUT2D eigenvalue weighted by Crippen LogP contribution is -2.34. The summed E-state index contributed by atoms with van der Waals surface area (Å²) in [7, 11) is 1.62. The Labute approximate surface area is 179 Å². The highest BCUT2D eigenvalue weighted by atomic mass is 32.2. The highest BCUT2D eigenvalue weighted by Gasteiger charge is 2.39. The molecule has 1 unspecified atom stereocenters. The van der Waals surface area contributed by atoms with E-state index in [4.69, 9.17) is 4.74 Å². The first-order valence-corrected chi connectivity index (χ1v) is 10.5. The van der Waals surface area contributed by atoms with E-state index in [9.17, 15) is 14.0 Å². The number of hydrogen-bond donors (Lipinski definition) is 1. The molecule has 1 fully saturated rings. The van der Waals surface area contributed by atoms with Gasteiger partial charge in [0.05, 0.1) is 5.69 Å². The Kier molecular flexibility index (Phi) is 7.59. The Morgan fingerprint density at radius 3 is 2.67 bits per heavy atom. The summed E-state index contributed by atoms with van der Waals surface area (Å²) in [5.41, 5.74) is 2.29. The fraction of sp³-hybridized carbons (Fsp3) is 0.318. The van der Waals surface area contributed by atoms with Gasteiger partial charge in [-0.3, -0.25) is 14.5 Å². The number of amides is 2. The van der Waals surface area contributed by atoms with Gasteiger partial charge < -0.3 is 10.1 Å². The number of anilines is 1. The molecule has 8 heteroatoms. The van der Waals surface area contributed by atoms with Crippen molar-refractivity contribution >= 4 is 40.1 Å². The first kappa shape index (κ1) is 22.0. The zero-order valence-electron chi connectivity index (χ0n) is 16.9. The molecule has 0 spiro atoms. The summed E-state index contributed by atoms with van der Waals surface area (Å²) in [5.74, 6) is -0.822. The number of nitrogens with zero attached hydrogens (tertiary/aromatic N) is 2. The van der Waals surface area contributed by atoms with Gasteiger partial charge in [0, 0.05) is 32.4 Å². The third kappa shape index (κ3) is 5.67. The van der Waals surface area contributed by atoms with Gasteiger partial charge in [0.15, 0.2) is 5.17 Å². The average Bonchev–Trinajstić information content (AvgIpc) is 3.00. The summed E-state index contributed by atoms with van der Waals surface area (Å²) in [4.78, 5) is 31.7. The number of amidine groups is 1. The standard InChI is InChI=1S/C22H24FN3O3S/c1-15-6-3-4-7-18(15)25-22-26(12-5-13-29-2)21(28)19(30-22)14-20(27)24-17-10-8-16(23)9-11-17/h3-4,6-11,19H,5,12-14H2,1-2H3,(H,24,27). The van der Waals surface area contributed by atoms with E-state index < -0.39 is 5.25 Å². The largest absolute Gasteiger partial charge is 0.385 e. The fourth-order valence-electron chi connectivity index (χ4n) is 3.00. The van der Waals surface area contributed by atoms with Crippen LogP contribution in [0.25, 0.3) is 0 Å². The van der Waals surface area contributed by atoms with Crippen molar-refractivity contribution in [2.24, 2.45) is 4.99 Å². The molecule has 0 radical (unpaired) electrons. The summed E-state index contributed by atoms with van der Waals surface area (Å²) < 4.78 is 18.1. The second-order valence-electron chi connectivity index (χ2n) is 6.88. The van der Waals surface area contributed by atoms with E-state index in [1.807, 2.05) is 31.2 Å². The van der Waals surface area contributed by atoms with Crippen LogP contribution in [0.2, 0.25) is 0 Å². The topological polar surface area (TPSA) is 71.0 Å². The monoisotopic (exact) mass is 429 g/mol. The van der Waals surface area contributed by atoms with Gasteiger partial charge in [0.25, 0.3) is 0 Å². The molecule has 6 nitrogen and oxygen atoms in total. The van der Waals surface area contributed by atoms with Crippen molar-refractivity contribution in [2.45, 2.75) is 25.0 Å². The van der Waals surface area contributed by atoms with Crippen molar-refractivity contribution in [1.29, 1.82) is 0 Å². The van der Waals surface area contributed by atoms with Gasteiger partial charge >= 0.3 is 0 Å². The van der Waals surface area contributed by atoms with Gasteiger partial charge in [-0.15, -0.1) is 0 Å². The number of carbonyl (C=O) groups is 2. The molecule has 158 valence electrons. The smallest absolute Gasteiger partial charge is 0.242 e. The predicted molar refractivity (Wildman–Crippen MR) is 118 cm³/mol. The number of methoxy groups -OCH3 is 1. The van der Waals surface area contributed by atoms with E-state index in [1.165, 1.54) is 36.0 Å². The minimum absolute atomic E-state index is 0.00838. The number of thioether (sulfide) groups is 1. The second kappa shape index (κ2) is 10.4. The molecule has 1 aliphatic rings. The fourth-order valence-corrected chi connectivity index (χ4v) is 4.18. The van der Waals surface area contributed by atoms with Crippen molar-refractivity contribution in [3.63, 3.8) is 0 Å². The number of benzene rings is 2. The van der Waals surface area contributed by atoms with Crippen molar-refractivity contribution in [3.8, 4) is 0 Å². The van der Waals surface area contributed by atoms with Crippen LogP contribution >= 0.6 is 11.8 Å². The van der Waals surface area contributed by atoms with E-state index in [-0.39, 0.29) is 24.1 Å². The van der Waals surface area contributed by atoms with Crippen LogP contribution in [0.5, 0.6) is 0 Å². The highest BCUT2D eigenvalue weighted by Crippen LogP contribution is 2.32. The third-order valence-electron chi connectivity index (χ3n) is 4.58. The number of aryl methyl sites for hydroxylation is 1. The van der Waals surface area contributed by atoms with E-state index >= 15 is 0 Å². The quantitative estimate of drug-likeness (QED) is 0.641. The number of ether oxygens (including phenoxy) is 1. The molecule has 2 amide bonds. The summed E-state index contributed by atoms with van der Waals surface area (Å²) in [6.45, 7) is 2.96. The van der Waals surface area contributed by atoms with Gasteiger partial charge in [-0.1, -0.05) is 30.0 Å². The molecule has 0 aliphatic carbocycles. The average molecular weight is 430 g/mol. The van der Waals surface area contributed by atoms with Gasteiger partial charge in [-0.25, -0.2) is 9.38 Å². The van der Waals surface area contributed by atoms with Crippen LogP contribution in [0.1, 0.15) is 18.4 Å². The maximum Gasteiger partial charge on any atom is 0.242 e. The first-order chi connectivity index (χ1) is 14.5. The number of carbonyl (C=O) groups excluding carboxylic acids is 2. The molecule has 1 atom stereocenters. The van der Waals surface area contributed by atoms with Crippen LogP contribution in [0.3, 0.4) is 0 Å². The molecule has 1 heterocycles. The SMILES string of the molecule is COCCCN1C(=O)C(CC(=O)Nc2ccc(F)cc2)SC1=Nc1ccccc1C. The molecule has 0 bridgehead atoms. The molecule has 1 saturated heterocycles. The Bertz CT molecular complexity index is 933. The van der Waals surface area contributed by atoms with Crippen molar-refractivity contribution in [2.75, 3.05) is 25.6 Å². The maximum absolute atomic E-state index is 13.0. The van der Waals surface area contributed by atoms with Crippen LogP contribution in [-0.4, -0.2) is 47.4 Å². The van der Waals surface area contributed by atoms with Gasteiger partial charge in [0.1, 0.15) is 11.1 Å². The Hall–Kier alpha value is -2.71. The molecule has 2 aromatic carbocycles. The number of aliphatic imine (C=N–C) groups is 1. The van der Waals surface area contributed by atoms with Crippen LogP contribution in [0, 0.1) is 12.7 Å². The van der Waals surface area contributed by atoms with E-state index in [0.29, 0.717) is 30.4 Å².